The molecule has 2 rings (SSSR count). The summed E-state index contributed by atoms with van der Waals surface area (Å²) in [4.78, 5) is 11.9. The molecule has 2 nitrogen and oxygen atoms in total. The van der Waals surface area contributed by atoms with E-state index in [0.717, 1.165) is 6.42 Å². The maximum atomic E-state index is 11.9. The number of nitrogens with one attached hydrogen (secondary N) is 1. The Morgan fingerprint density at radius 1 is 1.44 bits per heavy atom. The summed E-state index contributed by atoms with van der Waals surface area (Å²) in [6.07, 6.45) is 13.1. The van der Waals surface area contributed by atoms with Crippen LogP contribution in [-0.4, -0.2) is 10.7 Å². The van der Waals surface area contributed by atoms with Gasteiger partial charge in [0.2, 0.25) is 5.91 Å². The lowest BCUT2D eigenvalue weighted by molar-refractivity contribution is -0.120. The molecule has 2 saturated carbocycles. The summed E-state index contributed by atoms with van der Waals surface area (Å²) >= 11 is 1.63. The lowest BCUT2D eigenvalue weighted by Gasteiger charge is -2.08. The standard InChI is InChI=1S/C15H25NOS/c1-3-4-5-6-7-8-12-11-13(12)14(17)16-18-15(2)9-10-15/h7-8,12-13H,3-6,9-11H2,1-2H3,(H,16,17)/b8-7-/t12-,13+/m1/s1. The Kier molecular flexibility index (Phi) is 4.77. The Bertz CT molecular complexity index is 322. The smallest absolute Gasteiger partial charge is 0.233 e. The predicted molar refractivity (Wildman–Crippen MR) is 78.3 cm³/mol. The molecule has 0 radical (unpaired) electrons. The molecule has 3 heteroatoms. The van der Waals surface area contributed by atoms with Crippen LogP contribution in [0.15, 0.2) is 12.2 Å². The van der Waals surface area contributed by atoms with Crippen molar-refractivity contribution in [3.05, 3.63) is 12.2 Å². The quantitative estimate of drug-likeness (QED) is 0.408. The van der Waals surface area contributed by atoms with E-state index in [1.54, 1.807) is 11.9 Å². The van der Waals surface area contributed by atoms with Crippen LogP contribution in [0.2, 0.25) is 0 Å². The molecule has 0 aromatic heterocycles. The Labute approximate surface area is 115 Å². The van der Waals surface area contributed by atoms with Gasteiger partial charge in [-0.3, -0.25) is 9.52 Å². The number of amides is 1. The number of hydrogen-bond donors (Lipinski definition) is 1. The molecule has 0 heterocycles. The number of allylic oxidation sites excluding steroid dienone is 2. The average molecular weight is 267 g/mol. The topological polar surface area (TPSA) is 29.1 Å². The van der Waals surface area contributed by atoms with E-state index in [1.807, 2.05) is 0 Å². The number of carbonyl (C=O) groups is 1. The van der Waals surface area contributed by atoms with Crippen molar-refractivity contribution in [2.45, 2.75) is 63.5 Å². The number of unbranched alkanes of at least 4 members (excludes halogenated alkanes) is 3. The SMILES string of the molecule is CCCCC/C=C\[C@@H]1C[C@@H]1C(=O)NSC1(C)CC1. The molecule has 1 amide bonds. The van der Waals surface area contributed by atoms with Gasteiger partial charge in [-0.15, -0.1) is 0 Å². The fraction of sp³-hybridized carbons (Fsp3) is 0.800. The Balaban J connectivity index is 1.57. The Morgan fingerprint density at radius 3 is 2.89 bits per heavy atom. The van der Waals surface area contributed by atoms with E-state index in [1.165, 1.54) is 38.5 Å². The van der Waals surface area contributed by atoms with Crippen LogP contribution in [0.4, 0.5) is 0 Å². The molecule has 0 bridgehead atoms. The Hall–Kier alpha value is -0.440. The first-order chi connectivity index (χ1) is 8.64. The van der Waals surface area contributed by atoms with Crippen LogP contribution in [0.1, 0.15) is 58.8 Å². The van der Waals surface area contributed by atoms with Crippen molar-refractivity contribution in [1.29, 1.82) is 0 Å². The van der Waals surface area contributed by atoms with Crippen molar-refractivity contribution in [3.8, 4) is 0 Å². The third-order valence-electron chi connectivity index (χ3n) is 3.89. The van der Waals surface area contributed by atoms with Gasteiger partial charge in [0.25, 0.3) is 0 Å². The highest BCUT2D eigenvalue weighted by atomic mass is 32.2. The minimum atomic E-state index is 0.247. The molecule has 0 aromatic rings. The molecular formula is C15H25NOS. The van der Waals surface area contributed by atoms with Crippen LogP contribution in [0, 0.1) is 11.8 Å². The first-order valence-corrected chi connectivity index (χ1v) is 8.11. The van der Waals surface area contributed by atoms with E-state index >= 15 is 0 Å². The Morgan fingerprint density at radius 2 is 2.22 bits per heavy atom. The maximum absolute atomic E-state index is 11.9. The van der Waals surface area contributed by atoms with Crippen molar-refractivity contribution in [1.82, 2.24) is 4.72 Å². The zero-order valence-corrected chi connectivity index (χ0v) is 12.4. The highest BCUT2D eigenvalue weighted by Crippen LogP contribution is 2.47. The molecule has 2 aliphatic carbocycles. The van der Waals surface area contributed by atoms with E-state index in [4.69, 9.17) is 0 Å². The molecule has 0 unspecified atom stereocenters. The first-order valence-electron chi connectivity index (χ1n) is 7.29. The van der Waals surface area contributed by atoms with E-state index in [9.17, 15) is 4.79 Å². The van der Waals surface area contributed by atoms with Gasteiger partial charge < -0.3 is 0 Å². The molecule has 2 atom stereocenters. The summed E-state index contributed by atoms with van der Waals surface area (Å²) in [5.41, 5.74) is 0. The van der Waals surface area contributed by atoms with Gasteiger partial charge in [0.05, 0.1) is 0 Å². The van der Waals surface area contributed by atoms with Crippen LogP contribution in [0.5, 0.6) is 0 Å². The lowest BCUT2D eigenvalue weighted by Crippen LogP contribution is -2.21. The van der Waals surface area contributed by atoms with E-state index in [-0.39, 0.29) is 11.8 Å². The zero-order chi connectivity index (χ0) is 13.0. The maximum Gasteiger partial charge on any atom is 0.233 e. The third kappa shape index (κ3) is 4.34. The lowest BCUT2D eigenvalue weighted by atomic mass is 10.2. The zero-order valence-electron chi connectivity index (χ0n) is 11.6. The summed E-state index contributed by atoms with van der Waals surface area (Å²) in [5, 5.41) is 0. The normalized spacial score (nSPS) is 28.3. The highest BCUT2D eigenvalue weighted by molar-refractivity contribution is 7.99. The van der Waals surface area contributed by atoms with Gasteiger partial charge >= 0.3 is 0 Å². The fourth-order valence-corrected chi connectivity index (χ4v) is 2.84. The molecule has 0 aliphatic heterocycles. The second-order valence-corrected chi connectivity index (χ2v) is 7.34. The second kappa shape index (κ2) is 6.14. The van der Waals surface area contributed by atoms with Crippen LogP contribution >= 0.6 is 11.9 Å². The van der Waals surface area contributed by atoms with Crippen LogP contribution in [0.25, 0.3) is 0 Å². The van der Waals surface area contributed by atoms with Gasteiger partial charge in [0.15, 0.2) is 0 Å². The fourth-order valence-electron chi connectivity index (χ4n) is 2.04. The molecule has 102 valence electrons. The minimum Gasteiger partial charge on any atom is -0.299 e. The molecule has 0 saturated heterocycles. The molecule has 2 fully saturated rings. The summed E-state index contributed by atoms with van der Waals surface area (Å²) in [7, 11) is 0. The second-order valence-electron chi connectivity index (χ2n) is 5.95. The van der Waals surface area contributed by atoms with Crippen LogP contribution in [0.3, 0.4) is 0 Å². The molecular weight excluding hydrogens is 242 g/mol. The van der Waals surface area contributed by atoms with Gasteiger partial charge in [-0.2, -0.15) is 0 Å². The molecule has 0 spiro atoms. The first kappa shape index (κ1) is 14.0. The third-order valence-corrected chi connectivity index (χ3v) is 5.09. The van der Waals surface area contributed by atoms with Crippen molar-refractivity contribution < 1.29 is 4.79 Å². The van der Waals surface area contributed by atoms with Crippen LogP contribution < -0.4 is 4.72 Å². The van der Waals surface area contributed by atoms with Crippen molar-refractivity contribution in [3.63, 3.8) is 0 Å². The molecule has 0 aromatic carbocycles. The molecule has 2 aliphatic rings. The van der Waals surface area contributed by atoms with Gasteiger partial charge in [-0.25, -0.2) is 0 Å². The monoisotopic (exact) mass is 267 g/mol. The van der Waals surface area contributed by atoms with E-state index in [2.05, 4.69) is 30.7 Å². The summed E-state index contributed by atoms with van der Waals surface area (Å²) in [6.45, 7) is 4.44. The van der Waals surface area contributed by atoms with Gasteiger partial charge in [-0.1, -0.05) is 31.9 Å². The van der Waals surface area contributed by atoms with Gasteiger partial charge in [-0.05, 0) is 56.9 Å². The van der Waals surface area contributed by atoms with E-state index < -0.39 is 0 Å². The summed E-state index contributed by atoms with van der Waals surface area (Å²) < 4.78 is 3.37. The predicted octanol–water partition coefficient (Wildman–Crippen LogP) is 4.08. The van der Waals surface area contributed by atoms with E-state index in [0.29, 0.717) is 10.7 Å². The van der Waals surface area contributed by atoms with Crippen molar-refractivity contribution >= 4 is 17.9 Å². The highest BCUT2D eigenvalue weighted by Gasteiger charge is 2.43. The average Bonchev–Trinajstić information content (AvgIpc) is 3.25. The summed E-state index contributed by atoms with van der Waals surface area (Å²) in [5.74, 6) is 1.01. The van der Waals surface area contributed by atoms with Crippen molar-refractivity contribution in [2.24, 2.45) is 11.8 Å². The van der Waals surface area contributed by atoms with Crippen molar-refractivity contribution in [2.75, 3.05) is 0 Å². The van der Waals surface area contributed by atoms with Gasteiger partial charge in [0, 0.05) is 10.7 Å². The van der Waals surface area contributed by atoms with Gasteiger partial charge in [0.1, 0.15) is 0 Å². The number of carbonyl (C=O) groups excluding carboxylic acids is 1. The number of rotatable bonds is 8. The molecule has 1 N–H and O–H groups in total. The minimum absolute atomic E-state index is 0.247. The number of hydrogen-bond acceptors (Lipinski definition) is 2. The largest absolute Gasteiger partial charge is 0.299 e. The molecule has 18 heavy (non-hydrogen) atoms. The summed E-state index contributed by atoms with van der Waals surface area (Å²) in [6, 6.07) is 0. The van der Waals surface area contributed by atoms with Crippen LogP contribution in [-0.2, 0) is 4.79 Å².